The largest absolute Gasteiger partial charge is 0.351 e. The van der Waals surface area contributed by atoms with E-state index in [1.54, 1.807) is 0 Å². The summed E-state index contributed by atoms with van der Waals surface area (Å²) in [6.07, 6.45) is 0.847. The number of fused-ring (bicyclic) bond motifs is 3. The Morgan fingerprint density at radius 1 is 1.25 bits per heavy atom. The van der Waals surface area contributed by atoms with Gasteiger partial charge in [0.05, 0.1) is 22.2 Å². The van der Waals surface area contributed by atoms with Crippen LogP contribution >= 0.6 is 0 Å². The molecule has 3 nitrogen and oxygen atoms in total. The van der Waals surface area contributed by atoms with E-state index in [2.05, 4.69) is 34.7 Å². The zero-order valence-electron chi connectivity index (χ0n) is 9.24. The van der Waals surface area contributed by atoms with E-state index in [9.17, 15) is 4.79 Å². The molecule has 0 radical (unpaired) electrons. The quantitative estimate of drug-likeness (QED) is 0.619. The third kappa shape index (κ3) is 1.05. The van der Waals surface area contributed by atoms with Gasteiger partial charge in [-0.3, -0.25) is 4.79 Å². The van der Waals surface area contributed by atoms with Crippen molar-refractivity contribution in [3.05, 3.63) is 35.5 Å². The van der Waals surface area contributed by atoms with Gasteiger partial charge in [-0.05, 0) is 24.6 Å². The van der Waals surface area contributed by atoms with Gasteiger partial charge in [0.1, 0.15) is 0 Å². The van der Waals surface area contributed by atoms with Gasteiger partial charge in [-0.15, -0.1) is 0 Å². The second kappa shape index (κ2) is 2.98. The summed E-state index contributed by atoms with van der Waals surface area (Å²) in [5.41, 5.74) is 5.18. The standard InChI is InChI=1S/C13H12N2O/c1-8-3-4-10-11(5-8)15(2)12-6-9(7-16)14-13(10)12/h3-7,14H,1-2H3. The monoisotopic (exact) mass is 212 g/mol. The number of H-pyrrole nitrogens is 1. The molecule has 2 heterocycles. The first-order chi connectivity index (χ1) is 7.70. The third-order valence-electron chi connectivity index (χ3n) is 3.09. The normalized spacial score (nSPS) is 11.4. The minimum atomic E-state index is 0.628. The van der Waals surface area contributed by atoms with E-state index in [0.717, 1.165) is 22.7 Å². The molecule has 3 aromatic rings. The fourth-order valence-corrected chi connectivity index (χ4v) is 2.26. The van der Waals surface area contributed by atoms with Crippen LogP contribution in [0.15, 0.2) is 24.3 Å². The number of hydrogen-bond acceptors (Lipinski definition) is 1. The molecule has 0 fully saturated rings. The zero-order valence-corrected chi connectivity index (χ0v) is 9.24. The molecule has 0 spiro atoms. The molecule has 0 saturated heterocycles. The number of nitrogens with zero attached hydrogens (tertiary/aromatic N) is 1. The van der Waals surface area contributed by atoms with Crippen LogP contribution in [-0.4, -0.2) is 15.8 Å². The number of carbonyl (C=O) groups excluding carboxylic acids is 1. The summed E-state index contributed by atoms with van der Waals surface area (Å²) in [7, 11) is 2.02. The molecule has 80 valence electrons. The summed E-state index contributed by atoms with van der Waals surface area (Å²) < 4.78 is 2.11. The lowest BCUT2D eigenvalue weighted by Crippen LogP contribution is -1.86. The van der Waals surface area contributed by atoms with Crippen molar-refractivity contribution in [3.63, 3.8) is 0 Å². The minimum Gasteiger partial charge on any atom is -0.351 e. The van der Waals surface area contributed by atoms with E-state index in [-0.39, 0.29) is 0 Å². The Bertz CT molecular complexity index is 703. The molecule has 0 saturated carbocycles. The molecule has 0 aliphatic rings. The molecule has 0 atom stereocenters. The van der Waals surface area contributed by atoms with Gasteiger partial charge in [0.2, 0.25) is 0 Å². The highest BCUT2D eigenvalue weighted by molar-refractivity contribution is 6.07. The highest BCUT2D eigenvalue weighted by Crippen LogP contribution is 2.28. The Hall–Kier alpha value is -2.03. The van der Waals surface area contributed by atoms with E-state index in [1.165, 1.54) is 11.1 Å². The van der Waals surface area contributed by atoms with Crippen LogP contribution in [0.25, 0.3) is 21.9 Å². The van der Waals surface area contributed by atoms with Crippen LogP contribution in [0.1, 0.15) is 16.1 Å². The number of nitrogens with one attached hydrogen (secondary N) is 1. The smallest absolute Gasteiger partial charge is 0.166 e. The van der Waals surface area contributed by atoms with Crippen molar-refractivity contribution in [1.29, 1.82) is 0 Å². The maximum Gasteiger partial charge on any atom is 0.166 e. The summed E-state index contributed by atoms with van der Waals surface area (Å²) in [6, 6.07) is 8.22. The maximum absolute atomic E-state index is 10.7. The van der Waals surface area contributed by atoms with Crippen molar-refractivity contribution in [2.45, 2.75) is 6.92 Å². The average Bonchev–Trinajstić information content (AvgIpc) is 2.80. The number of benzene rings is 1. The fraction of sp³-hybridized carbons (Fsp3) is 0.154. The van der Waals surface area contributed by atoms with Gasteiger partial charge in [0.15, 0.2) is 6.29 Å². The molecule has 0 unspecified atom stereocenters. The number of aromatic nitrogens is 2. The molecule has 0 bridgehead atoms. The third-order valence-corrected chi connectivity index (χ3v) is 3.09. The van der Waals surface area contributed by atoms with Crippen LogP contribution in [0.2, 0.25) is 0 Å². The molecular formula is C13H12N2O. The summed E-state index contributed by atoms with van der Waals surface area (Å²) >= 11 is 0. The molecule has 1 aromatic carbocycles. The molecule has 0 aliphatic heterocycles. The lowest BCUT2D eigenvalue weighted by atomic mass is 10.2. The second-order valence-electron chi connectivity index (χ2n) is 4.18. The SMILES string of the molecule is Cc1ccc2c3[nH]c(C=O)cc3n(C)c2c1. The van der Waals surface area contributed by atoms with Crippen molar-refractivity contribution >= 4 is 28.2 Å². The second-order valence-corrected chi connectivity index (χ2v) is 4.18. The van der Waals surface area contributed by atoms with Crippen LogP contribution in [0.4, 0.5) is 0 Å². The molecule has 0 aliphatic carbocycles. The van der Waals surface area contributed by atoms with Gasteiger partial charge in [0, 0.05) is 12.4 Å². The first-order valence-electron chi connectivity index (χ1n) is 5.23. The number of rotatable bonds is 1. The number of hydrogen-bond donors (Lipinski definition) is 1. The molecule has 0 amide bonds. The van der Waals surface area contributed by atoms with Gasteiger partial charge in [-0.2, -0.15) is 0 Å². The fourth-order valence-electron chi connectivity index (χ4n) is 2.26. The Morgan fingerprint density at radius 2 is 2.06 bits per heavy atom. The topological polar surface area (TPSA) is 37.8 Å². The van der Waals surface area contributed by atoms with Crippen LogP contribution in [-0.2, 0) is 7.05 Å². The van der Waals surface area contributed by atoms with Crippen molar-refractivity contribution < 1.29 is 4.79 Å². The summed E-state index contributed by atoms with van der Waals surface area (Å²) in [4.78, 5) is 13.9. The lowest BCUT2D eigenvalue weighted by molar-refractivity contribution is 0.112. The van der Waals surface area contributed by atoms with Gasteiger partial charge in [0.25, 0.3) is 0 Å². The lowest BCUT2D eigenvalue weighted by Gasteiger charge is -1.98. The first-order valence-corrected chi connectivity index (χ1v) is 5.23. The molecule has 3 heteroatoms. The molecule has 2 aromatic heterocycles. The van der Waals surface area contributed by atoms with Crippen LogP contribution < -0.4 is 0 Å². The van der Waals surface area contributed by atoms with Crippen LogP contribution in [0.3, 0.4) is 0 Å². The number of aryl methyl sites for hydroxylation is 2. The Labute approximate surface area is 92.7 Å². The number of aromatic amines is 1. The van der Waals surface area contributed by atoms with E-state index < -0.39 is 0 Å². The Morgan fingerprint density at radius 3 is 2.81 bits per heavy atom. The average molecular weight is 212 g/mol. The van der Waals surface area contributed by atoms with Gasteiger partial charge in [-0.25, -0.2) is 0 Å². The van der Waals surface area contributed by atoms with E-state index >= 15 is 0 Å². The Balaban J connectivity index is 2.52. The molecule has 16 heavy (non-hydrogen) atoms. The molecule has 3 rings (SSSR count). The van der Waals surface area contributed by atoms with Crippen molar-refractivity contribution in [3.8, 4) is 0 Å². The highest BCUT2D eigenvalue weighted by Gasteiger charge is 2.10. The minimum absolute atomic E-state index is 0.628. The maximum atomic E-state index is 10.7. The van der Waals surface area contributed by atoms with E-state index in [0.29, 0.717) is 5.69 Å². The highest BCUT2D eigenvalue weighted by atomic mass is 16.1. The predicted molar refractivity (Wildman–Crippen MR) is 64.9 cm³/mol. The van der Waals surface area contributed by atoms with E-state index in [1.807, 2.05) is 13.1 Å². The van der Waals surface area contributed by atoms with Crippen molar-refractivity contribution in [2.75, 3.05) is 0 Å². The van der Waals surface area contributed by atoms with Crippen LogP contribution in [0.5, 0.6) is 0 Å². The molecular weight excluding hydrogens is 200 g/mol. The summed E-state index contributed by atoms with van der Waals surface area (Å²) in [5.74, 6) is 0. The van der Waals surface area contributed by atoms with Gasteiger partial charge in [-0.1, -0.05) is 12.1 Å². The van der Waals surface area contributed by atoms with E-state index in [4.69, 9.17) is 0 Å². The number of carbonyl (C=O) groups is 1. The summed E-state index contributed by atoms with van der Waals surface area (Å²) in [6.45, 7) is 2.08. The summed E-state index contributed by atoms with van der Waals surface area (Å²) in [5, 5.41) is 1.16. The van der Waals surface area contributed by atoms with Crippen molar-refractivity contribution in [2.24, 2.45) is 7.05 Å². The predicted octanol–water partition coefficient (Wildman–Crippen LogP) is 2.78. The number of aldehydes is 1. The van der Waals surface area contributed by atoms with Crippen molar-refractivity contribution in [1.82, 2.24) is 9.55 Å². The van der Waals surface area contributed by atoms with Crippen LogP contribution in [0, 0.1) is 6.92 Å². The van der Waals surface area contributed by atoms with Gasteiger partial charge >= 0.3 is 0 Å². The zero-order chi connectivity index (χ0) is 11.3. The first kappa shape index (κ1) is 9.21. The Kier molecular flexibility index (Phi) is 1.72. The molecule has 1 N–H and O–H groups in total. The van der Waals surface area contributed by atoms with Gasteiger partial charge < -0.3 is 9.55 Å².